The highest BCUT2D eigenvalue weighted by Gasteiger charge is 2.32. The first-order chi connectivity index (χ1) is 16.7. The Morgan fingerprint density at radius 3 is 2.57 bits per heavy atom. The van der Waals surface area contributed by atoms with Gasteiger partial charge in [-0.1, -0.05) is 11.6 Å². The number of nitrogens with one attached hydrogen (secondary N) is 1. The number of H-pyrrole nitrogens is 1. The first kappa shape index (κ1) is 27.5. The highest BCUT2D eigenvalue weighted by atomic mass is 35.5. The number of pyridine rings is 1. The Balaban J connectivity index is 0.00000210. The van der Waals surface area contributed by atoms with Gasteiger partial charge in [-0.3, -0.25) is 4.99 Å². The average Bonchev–Trinajstić information content (AvgIpc) is 3.20. The molecule has 11 heteroatoms. The topological polar surface area (TPSA) is 63.2 Å². The number of hydrogen-bond donors (Lipinski definition) is 1. The van der Waals surface area contributed by atoms with E-state index in [4.69, 9.17) is 16.3 Å². The maximum absolute atomic E-state index is 13.0. The minimum absolute atomic E-state index is 0.0287. The van der Waals surface area contributed by atoms with Gasteiger partial charge in [0.1, 0.15) is 35.7 Å². The molecular weight excluding hydrogens is 491 g/mol. The van der Waals surface area contributed by atoms with E-state index in [9.17, 15) is 22.0 Å². The summed E-state index contributed by atoms with van der Waals surface area (Å²) in [5.41, 5.74) is 1.44. The molecule has 0 aliphatic rings. The molecule has 2 aromatic heterocycles. The summed E-state index contributed by atoms with van der Waals surface area (Å²) in [5, 5.41) is 0.294. The van der Waals surface area contributed by atoms with E-state index in [1.807, 2.05) is 6.92 Å². The van der Waals surface area contributed by atoms with Crippen molar-refractivity contribution < 1.29 is 26.7 Å². The second-order valence-electron chi connectivity index (χ2n) is 6.79. The van der Waals surface area contributed by atoms with Crippen LogP contribution in [-0.4, -0.2) is 47.2 Å². The van der Waals surface area contributed by atoms with Crippen molar-refractivity contribution in [2.45, 2.75) is 13.1 Å². The third-order valence-corrected chi connectivity index (χ3v) is 4.73. The van der Waals surface area contributed by atoms with E-state index in [0.29, 0.717) is 40.3 Å². The quantitative estimate of drug-likeness (QED) is 0.125. The number of alkyl halides is 4. The van der Waals surface area contributed by atoms with Crippen molar-refractivity contribution in [1.29, 1.82) is 0 Å². The van der Waals surface area contributed by atoms with Gasteiger partial charge in [-0.05, 0) is 48.9 Å². The van der Waals surface area contributed by atoms with Gasteiger partial charge in [0.05, 0.1) is 12.1 Å². The smallest absolute Gasteiger partial charge is 0.417 e. The van der Waals surface area contributed by atoms with Crippen LogP contribution in [0.3, 0.4) is 0 Å². The van der Waals surface area contributed by atoms with Gasteiger partial charge in [-0.25, -0.2) is 14.4 Å². The molecule has 0 saturated heterocycles. The van der Waals surface area contributed by atoms with Gasteiger partial charge in [-0.2, -0.15) is 17.6 Å². The number of nitrogens with zero attached hydrogens (tertiary/aromatic N) is 3. The standard InChI is InChI=1S/C22H18ClF5N4O.C2H2/c1-13-10-16(33-9-8-29-12-15(6-7-24)22(26,27)28)3-4-17(13)19-20(23)32-21(31-19)14-2-5-18(25)30-11-14;1-2/h2-6,10-12H,7-9H2,1H3,(H,31,32);1-2H/b15-6+,29-12?;. The van der Waals surface area contributed by atoms with Crippen LogP contribution < -0.4 is 4.74 Å². The Bertz CT molecular complexity index is 1200. The Morgan fingerprint density at radius 2 is 1.97 bits per heavy atom. The Morgan fingerprint density at radius 1 is 1.23 bits per heavy atom. The summed E-state index contributed by atoms with van der Waals surface area (Å²) in [4.78, 5) is 14.6. The molecule has 3 aromatic rings. The highest BCUT2D eigenvalue weighted by Crippen LogP contribution is 2.33. The minimum atomic E-state index is -4.66. The van der Waals surface area contributed by atoms with E-state index in [0.717, 1.165) is 11.1 Å². The first-order valence-corrected chi connectivity index (χ1v) is 10.3. The SMILES string of the molecule is C#C.Cc1cc(OCCN=C/C(=C\CF)C(F)(F)F)ccc1-c1nc(-c2ccc(F)nc2)[nH]c1Cl. The fourth-order valence-electron chi connectivity index (χ4n) is 2.88. The van der Waals surface area contributed by atoms with Crippen molar-refractivity contribution >= 4 is 17.8 Å². The zero-order valence-electron chi connectivity index (χ0n) is 18.4. The average molecular weight is 511 g/mol. The molecule has 0 aliphatic heterocycles. The van der Waals surface area contributed by atoms with Crippen molar-refractivity contribution in [3.05, 3.63) is 64.8 Å². The molecule has 35 heavy (non-hydrogen) atoms. The zero-order valence-corrected chi connectivity index (χ0v) is 19.2. The highest BCUT2D eigenvalue weighted by molar-refractivity contribution is 6.32. The van der Waals surface area contributed by atoms with Crippen molar-refractivity contribution in [2.75, 3.05) is 19.8 Å². The molecular formula is C24H20ClF5N4O. The summed E-state index contributed by atoms with van der Waals surface area (Å²) in [6.45, 7) is 0.578. The molecule has 0 spiro atoms. The second kappa shape index (κ2) is 12.7. The van der Waals surface area contributed by atoms with Crippen molar-refractivity contribution in [3.8, 4) is 41.2 Å². The number of benzene rings is 1. The predicted molar refractivity (Wildman–Crippen MR) is 126 cm³/mol. The lowest BCUT2D eigenvalue weighted by Crippen LogP contribution is -2.14. The number of terminal acetylenes is 1. The number of rotatable bonds is 8. The van der Waals surface area contributed by atoms with Crippen molar-refractivity contribution in [1.82, 2.24) is 15.0 Å². The summed E-state index contributed by atoms with van der Waals surface area (Å²) in [6, 6.07) is 7.88. The summed E-state index contributed by atoms with van der Waals surface area (Å²) < 4.78 is 68.7. The summed E-state index contributed by atoms with van der Waals surface area (Å²) >= 11 is 6.30. The molecule has 0 fully saturated rings. The molecule has 1 aromatic carbocycles. The Labute approximate surface area is 203 Å². The fourth-order valence-corrected chi connectivity index (χ4v) is 3.11. The lowest BCUT2D eigenvalue weighted by molar-refractivity contribution is -0.0859. The van der Waals surface area contributed by atoms with E-state index in [1.165, 1.54) is 18.3 Å². The normalized spacial score (nSPS) is 11.9. The fraction of sp³-hybridized carbons (Fsp3) is 0.208. The molecule has 0 saturated carbocycles. The number of aryl methyl sites for hydroxylation is 1. The van der Waals surface area contributed by atoms with Gasteiger partial charge in [0.25, 0.3) is 0 Å². The van der Waals surface area contributed by atoms with Crippen LogP contribution in [0.25, 0.3) is 22.6 Å². The molecule has 0 amide bonds. The molecule has 1 N–H and O–H groups in total. The number of halogens is 6. The number of hydrogen-bond acceptors (Lipinski definition) is 4. The van der Waals surface area contributed by atoms with Crippen LogP contribution in [0.5, 0.6) is 5.75 Å². The molecule has 5 nitrogen and oxygen atoms in total. The molecule has 0 unspecified atom stereocenters. The van der Waals surface area contributed by atoms with Gasteiger partial charge in [-0.15, -0.1) is 12.8 Å². The third kappa shape index (κ3) is 7.65. The van der Waals surface area contributed by atoms with E-state index in [1.54, 1.807) is 18.2 Å². The van der Waals surface area contributed by atoms with Crippen LogP contribution >= 0.6 is 11.6 Å². The largest absolute Gasteiger partial charge is 0.492 e. The van der Waals surface area contributed by atoms with Crippen molar-refractivity contribution in [2.24, 2.45) is 4.99 Å². The van der Waals surface area contributed by atoms with Gasteiger partial charge >= 0.3 is 6.18 Å². The van der Waals surface area contributed by atoms with E-state index < -0.39 is 24.4 Å². The number of imidazole rings is 1. The molecule has 184 valence electrons. The maximum atomic E-state index is 13.0. The lowest BCUT2D eigenvalue weighted by atomic mass is 10.1. The molecule has 3 rings (SSSR count). The van der Waals surface area contributed by atoms with E-state index in [-0.39, 0.29) is 13.2 Å². The number of ether oxygens (including phenoxy) is 1. The Hall–Kier alpha value is -3.71. The number of allylic oxidation sites excluding steroid dienone is 2. The number of aliphatic imine (C=N–C) groups is 1. The van der Waals surface area contributed by atoms with Gasteiger partial charge < -0.3 is 9.72 Å². The van der Waals surface area contributed by atoms with Crippen LogP contribution in [-0.2, 0) is 0 Å². The zero-order chi connectivity index (χ0) is 26.0. The van der Waals surface area contributed by atoms with E-state index >= 15 is 0 Å². The molecule has 2 heterocycles. The van der Waals surface area contributed by atoms with Crippen LogP contribution in [0.2, 0.25) is 5.15 Å². The first-order valence-electron chi connectivity index (χ1n) is 9.96. The number of aromatic amines is 1. The summed E-state index contributed by atoms with van der Waals surface area (Å²) in [6.07, 6.45) is 5.69. The molecule has 0 bridgehead atoms. The summed E-state index contributed by atoms with van der Waals surface area (Å²) in [7, 11) is 0. The van der Waals surface area contributed by atoms with E-state index in [2.05, 4.69) is 32.8 Å². The maximum Gasteiger partial charge on any atom is 0.417 e. The molecule has 0 radical (unpaired) electrons. The summed E-state index contributed by atoms with van der Waals surface area (Å²) in [5.74, 6) is 0.308. The van der Waals surface area contributed by atoms with Gasteiger partial charge in [0.15, 0.2) is 0 Å². The number of aromatic nitrogens is 3. The van der Waals surface area contributed by atoms with Gasteiger partial charge in [0, 0.05) is 23.5 Å². The molecule has 0 aliphatic carbocycles. The van der Waals surface area contributed by atoms with Gasteiger partial charge in [0.2, 0.25) is 5.95 Å². The van der Waals surface area contributed by atoms with Crippen LogP contribution in [0.4, 0.5) is 22.0 Å². The van der Waals surface area contributed by atoms with Crippen LogP contribution in [0, 0.1) is 25.7 Å². The monoisotopic (exact) mass is 510 g/mol. The van der Waals surface area contributed by atoms with Crippen LogP contribution in [0.15, 0.2) is 53.2 Å². The van der Waals surface area contributed by atoms with Crippen molar-refractivity contribution in [3.63, 3.8) is 0 Å². The lowest BCUT2D eigenvalue weighted by Gasteiger charge is -2.09. The second-order valence-corrected chi connectivity index (χ2v) is 7.17. The minimum Gasteiger partial charge on any atom is -0.492 e. The van der Waals surface area contributed by atoms with Crippen LogP contribution in [0.1, 0.15) is 5.56 Å². The third-order valence-electron chi connectivity index (χ3n) is 4.46. The predicted octanol–water partition coefficient (Wildman–Crippen LogP) is 6.40. The molecule has 0 atom stereocenters. The Kier molecular flexibility index (Phi) is 9.97.